The molecule has 5 heteroatoms. The number of carbonyl (C=O) groups excluding carboxylic acids is 1. The fourth-order valence-corrected chi connectivity index (χ4v) is 1.70. The quantitative estimate of drug-likeness (QED) is 0.913. The van der Waals surface area contributed by atoms with E-state index in [1.807, 2.05) is 6.92 Å². The smallest absolute Gasteiger partial charge is 0.308 e. The average molecular weight is 270 g/mol. The molecule has 1 N–H and O–H groups in total. The summed E-state index contributed by atoms with van der Waals surface area (Å²) in [7, 11) is 1.58. The number of hydrogen-bond acceptors (Lipinski definition) is 2. The Balaban J connectivity index is 2.80. The Morgan fingerprint density at radius 3 is 2.56 bits per heavy atom. The van der Waals surface area contributed by atoms with Crippen LogP contribution in [0.15, 0.2) is 18.2 Å². The SMILES string of the molecule is Cc1ccc(C(=O)N(C)C[C@@H](C)C(=O)O)cc1Cl. The van der Waals surface area contributed by atoms with E-state index < -0.39 is 11.9 Å². The van der Waals surface area contributed by atoms with Crippen molar-refractivity contribution in [2.24, 2.45) is 5.92 Å². The van der Waals surface area contributed by atoms with Crippen LogP contribution in [0.3, 0.4) is 0 Å². The Hall–Kier alpha value is -1.55. The Morgan fingerprint density at radius 1 is 1.44 bits per heavy atom. The van der Waals surface area contributed by atoms with Crippen LogP contribution in [0.1, 0.15) is 22.8 Å². The van der Waals surface area contributed by atoms with Crippen LogP contribution >= 0.6 is 11.6 Å². The van der Waals surface area contributed by atoms with Crippen molar-refractivity contribution in [3.63, 3.8) is 0 Å². The minimum absolute atomic E-state index is 0.166. The molecule has 0 spiro atoms. The van der Waals surface area contributed by atoms with Gasteiger partial charge in [0.2, 0.25) is 0 Å². The van der Waals surface area contributed by atoms with E-state index in [9.17, 15) is 9.59 Å². The number of carbonyl (C=O) groups is 2. The van der Waals surface area contributed by atoms with Crippen molar-refractivity contribution in [2.45, 2.75) is 13.8 Å². The first-order chi connectivity index (χ1) is 8.32. The molecular weight excluding hydrogens is 254 g/mol. The van der Waals surface area contributed by atoms with Gasteiger partial charge < -0.3 is 10.0 Å². The van der Waals surface area contributed by atoms with Gasteiger partial charge in [-0.25, -0.2) is 0 Å². The summed E-state index contributed by atoms with van der Waals surface area (Å²) >= 11 is 5.95. The second-order valence-electron chi connectivity index (χ2n) is 4.39. The molecule has 1 amide bonds. The number of aryl methyl sites for hydroxylation is 1. The Bertz CT molecular complexity index is 473. The van der Waals surface area contributed by atoms with Crippen LogP contribution in [0, 0.1) is 12.8 Å². The number of amides is 1. The molecule has 1 atom stereocenters. The van der Waals surface area contributed by atoms with Crippen molar-refractivity contribution in [3.8, 4) is 0 Å². The molecule has 0 bridgehead atoms. The summed E-state index contributed by atoms with van der Waals surface area (Å²) in [6.45, 7) is 3.58. The lowest BCUT2D eigenvalue weighted by Crippen LogP contribution is -2.33. The molecule has 4 nitrogen and oxygen atoms in total. The molecule has 98 valence electrons. The van der Waals surface area contributed by atoms with E-state index in [0.29, 0.717) is 10.6 Å². The molecule has 0 unspecified atom stereocenters. The lowest BCUT2D eigenvalue weighted by molar-refractivity contribution is -0.141. The largest absolute Gasteiger partial charge is 0.481 e. The van der Waals surface area contributed by atoms with Crippen molar-refractivity contribution in [1.29, 1.82) is 0 Å². The van der Waals surface area contributed by atoms with Gasteiger partial charge in [-0.3, -0.25) is 9.59 Å². The molecule has 0 aliphatic carbocycles. The van der Waals surface area contributed by atoms with Crippen molar-refractivity contribution < 1.29 is 14.7 Å². The minimum atomic E-state index is -0.920. The summed E-state index contributed by atoms with van der Waals surface area (Å²) in [5, 5.41) is 9.33. The Labute approximate surface area is 111 Å². The third kappa shape index (κ3) is 3.47. The molecule has 0 saturated carbocycles. The van der Waals surface area contributed by atoms with Gasteiger partial charge in [0.05, 0.1) is 5.92 Å². The molecule has 0 fully saturated rings. The minimum Gasteiger partial charge on any atom is -0.481 e. The number of hydrogen-bond donors (Lipinski definition) is 1. The first-order valence-corrected chi connectivity index (χ1v) is 5.95. The Kier molecular flexibility index (Phi) is 4.73. The van der Waals surface area contributed by atoms with E-state index in [1.165, 1.54) is 4.90 Å². The lowest BCUT2D eigenvalue weighted by Gasteiger charge is -2.19. The van der Waals surface area contributed by atoms with Gasteiger partial charge in [0.1, 0.15) is 0 Å². The average Bonchev–Trinajstić information content (AvgIpc) is 2.31. The number of carboxylic acid groups (broad SMARTS) is 1. The van der Waals surface area contributed by atoms with Gasteiger partial charge in [0.15, 0.2) is 0 Å². The molecule has 0 aromatic heterocycles. The van der Waals surface area contributed by atoms with Crippen molar-refractivity contribution in [1.82, 2.24) is 4.90 Å². The topological polar surface area (TPSA) is 57.6 Å². The standard InChI is InChI=1S/C13H16ClNO3/c1-8-4-5-10(6-11(8)14)12(16)15(3)7-9(2)13(17)18/h4-6,9H,7H2,1-3H3,(H,17,18)/t9-/m1/s1. The maximum atomic E-state index is 12.0. The summed E-state index contributed by atoms with van der Waals surface area (Å²) in [5.74, 6) is -1.75. The predicted octanol–water partition coefficient (Wildman–Crippen LogP) is 2.44. The van der Waals surface area contributed by atoms with Crippen molar-refractivity contribution in [3.05, 3.63) is 34.3 Å². The summed E-state index contributed by atoms with van der Waals surface area (Å²) in [4.78, 5) is 24.2. The molecule has 0 radical (unpaired) electrons. The molecule has 0 aliphatic rings. The first-order valence-electron chi connectivity index (χ1n) is 5.57. The number of benzene rings is 1. The maximum Gasteiger partial charge on any atom is 0.308 e. The van der Waals surface area contributed by atoms with Crippen LogP contribution in [-0.4, -0.2) is 35.5 Å². The highest BCUT2D eigenvalue weighted by atomic mass is 35.5. The molecule has 1 rings (SSSR count). The molecular formula is C13H16ClNO3. The van der Waals surface area contributed by atoms with Crippen LogP contribution in [-0.2, 0) is 4.79 Å². The number of nitrogens with zero attached hydrogens (tertiary/aromatic N) is 1. The van der Waals surface area contributed by atoms with E-state index in [4.69, 9.17) is 16.7 Å². The highest BCUT2D eigenvalue weighted by molar-refractivity contribution is 6.31. The zero-order valence-electron chi connectivity index (χ0n) is 10.6. The van der Waals surface area contributed by atoms with Gasteiger partial charge in [-0.15, -0.1) is 0 Å². The second kappa shape index (κ2) is 5.87. The number of carboxylic acids is 1. The molecule has 0 saturated heterocycles. The summed E-state index contributed by atoms with van der Waals surface area (Å²) in [6.07, 6.45) is 0. The van der Waals surface area contributed by atoms with Gasteiger partial charge >= 0.3 is 5.97 Å². The highest BCUT2D eigenvalue weighted by Gasteiger charge is 2.18. The summed E-state index contributed by atoms with van der Waals surface area (Å²) in [6, 6.07) is 5.05. The summed E-state index contributed by atoms with van der Waals surface area (Å²) < 4.78 is 0. The van der Waals surface area contributed by atoms with E-state index in [-0.39, 0.29) is 12.5 Å². The van der Waals surface area contributed by atoms with E-state index in [1.54, 1.807) is 32.2 Å². The van der Waals surface area contributed by atoms with Gasteiger partial charge in [-0.05, 0) is 24.6 Å². The maximum absolute atomic E-state index is 12.0. The Morgan fingerprint density at radius 2 is 2.06 bits per heavy atom. The number of aliphatic carboxylic acids is 1. The fourth-order valence-electron chi connectivity index (χ4n) is 1.52. The third-order valence-corrected chi connectivity index (χ3v) is 3.14. The van der Waals surface area contributed by atoms with Crippen molar-refractivity contribution in [2.75, 3.05) is 13.6 Å². The number of rotatable bonds is 4. The molecule has 0 heterocycles. The normalized spacial score (nSPS) is 12.0. The second-order valence-corrected chi connectivity index (χ2v) is 4.80. The zero-order valence-corrected chi connectivity index (χ0v) is 11.4. The molecule has 1 aromatic carbocycles. The first kappa shape index (κ1) is 14.5. The van der Waals surface area contributed by atoms with Crippen LogP contribution in [0.4, 0.5) is 0 Å². The van der Waals surface area contributed by atoms with Gasteiger partial charge in [0, 0.05) is 24.2 Å². The van der Waals surface area contributed by atoms with Crippen molar-refractivity contribution >= 4 is 23.5 Å². The van der Waals surface area contributed by atoms with E-state index in [2.05, 4.69) is 0 Å². The predicted molar refractivity (Wildman–Crippen MR) is 69.9 cm³/mol. The zero-order chi connectivity index (χ0) is 13.9. The lowest BCUT2D eigenvalue weighted by atomic mass is 10.1. The van der Waals surface area contributed by atoms with Gasteiger partial charge in [-0.2, -0.15) is 0 Å². The molecule has 1 aromatic rings. The molecule has 18 heavy (non-hydrogen) atoms. The molecule has 0 aliphatic heterocycles. The van der Waals surface area contributed by atoms with Crippen LogP contribution in [0.2, 0.25) is 5.02 Å². The monoisotopic (exact) mass is 269 g/mol. The van der Waals surface area contributed by atoms with Crippen LogP contribution in [0.25, 0.3) is 0 Å². The fraction of sp³-hybridized carbons (Fsp3) is 0.385. The third-order valence-electron chi connectivity index (χ3n) is 2.73. The van der Waals surface area contributed by atoms with Gasteiger partial charge in [-0.1, -0.05) is 24.6 Å². The van der Waals surface area contributed by atoms with E-state index >= 15 is 0 Å². The summed E-state index contributed by atoms with van der Waals surface area (Å²) in [5.41, 5.74) is 1.36. The number of halogens is 1. The highest BCUT2D eigenvalue weighted by Crippen LogP contribution is 2.17. The van der Waals surface area contributed by atoms with Crippen LogP contribution in [0.5, 0.6) is 0 Å². The van der Waals surface area contributed by atoms with E-state index in [0.717, 1.165) is 5.56 Å². The van der Waals surface area contributed by atoms with Crippen LogP contribution < -0.4 is 0 Å². The van der Waals surface area contributed by atoms with Gasteiger partial charge in [0.25, 0.3) is 5.91 Å².